The maximum absolute atomic E-state index is 11.9. The van der Waals surface area contributed by atoms with Crippen LogP contribution in [0, 0.1) is 6.92 Å². The molecule has 5 nitrogen and oxygen atoms in total. The van der Waals surface area contributed by atoms with Crippen LogP contribution in [0.1, 0.15) is 41.2 Å². The number of hydrogen-bond acceptors (Lipinski definition) is 4. The second-order valence-corrected chi connectivity index (χ2v) is 5.51. The Labute approximate surface area is 141 Å². The van der Waals surface area contributed by atoms with Gasteiger partial charge in [-0.2, -0.15) is 0 Å². The molecule has 0 bridgehead atoms. The van der Waals surface area contributed by atoms with Crippen molar-refractivity contribution in [3.63, 3.8) is 0 Å². The van der Waals surface area contributed by atoms with E-state index in [0.29, 0.717) is 29.6 Å². The third kappa shape index (κ3) is 4.42. The summed E-state index contributed by atoms with van der Waals surface area (Å²) in [6, 6.07) is 7.52. The summed E-state index contributed by atoms with van der Waals surface area (Å²) in [6.45, 7) is 6.90. The number of halogens is 1. The Kier molecular flexibility index (Phi) is 5.93. The van der Waals surface area contributed by atoms with Gasteiger partial charge in [0.15, 0.2) is 0 Å². The smallest absolute Gasteiger partial charge is 0.251 e. The lowest BCUT2D eigenvalue weighted by molar-refractivity contribution is 0.0955. The Morgan fingerprint density at radius 2 is 2.04 bits per heavy atom. The molecule has 0 saturated carbocycles. The average molecular weight is 333 g/mol. The fourth-order valence-electron chi connectivity index (χ4n) is 2.29. The first-order chi connectivity index (χ1) is 11.0. The zero-order chi connectivity index (χ0) is 16.8. The normalized spacial score (nSPS) is 10.4. The van der Waals surface area contributed by atoms with Crippen LogP contribution in [0.3, 0.4) is 0 Å². The molecule has 1 aromatic carbocycles. The SMILES string of the molecule is CCNC(=O)c1cccc(CNc2nc(C)nc(Cl)c2CC)c1. The van der Waals surface area contributed by atoms with Gasteiger partial charge in [-0.15, -0.1) is 0 Å². The lowest BCUT2D eigenvalue weighted by Crippen LogP contribution is -2.22. The highest BCUT2D eigenvalue weighted by Crippen LogP contribution is 2.22. The maximum atomic E-state index is 11.9. The van der Waals surface area contributed by atoms with E-state index in [1.54, 1.807) is 6.07 Å². The minimum Gasteiger partial charge on any atom is -0.366 e. The largest absolute Gasteiger partial charge is 0.366 e. The van der Waals surface area contributed by atoms with Gasteiger partial charge in [0, 0.05) is 24.2 Å². The van der Waals surface area contributed by atoms with Gasteiger partial charge >= 0.3 is 0 Å². The topological polar surface area (TPSA) is 66.9 Å². The predicted molar refractivity (Wildman–Crippen MR) is 92.9 cm³/mol. The molecule has 1 aromatic heterocycles. The van der Waals surface area contributed by atoms with E-state index < -0.39 is 0 Å². The highest BCUT2D eigenvalue weighted by Gasteiger charge is 2.10. The summed E-state index contributed by atoms with van der Waals surface area (Å²) in [5.74, 6) is 1.31. The van der Waals surface area contributed by atoms with Crippen molar-refractivity contribution in [2.75, 3.05) is 11.9 Å². The molecule has 0 aliphatic heterocycles. The van der Waals surface area contributed by atoms with E-state index in [1.165, 1.54) is 0 Å². The fraction of sp³-hybridized carbons (Fsp3) is 0.353. The number of amides is 1. The van der Waals surface area contributed by atoms with Crippen molar-refractivity contribution in [2.45, 2.75) is 33.7 Å². The molecule has 2 N–H and O–H groups in total. The Morgan fingerprint density at radius 1 is 1.26 bits per heavy atom. The number of nitrogens with one attached hydrogen (secondary N) is 2. The molecule has 0 unspecified atom stereocenters. The first-order valence-electron chi connectivity index (χ1n) is 7.69. The molecule has 2 rings (SSSR count). The quantitative estimate of drug-likeness (QED) is 0.796. The fourth-order valence-corrected chi connectivity index (χ4v) is 2.64. The molecule has 0 fully saturated rings. The van der Waals surface area contributed by atoms with Crippen LogP contribution in [0.4, 0.5) is 5.82 Å². The molecule has 0 aliphatic carbocycles. The molecule has 1 heterocycles. The first-order valence-corrected chi connectivity index (χ1v) is 8.07. The van der Waals surface area contributed by atoms with E-state index in [2.05, 4.69) is 20.6 Å². The summed E-state index contributed by atoms with van der Waals surface area (Å²) >= 11 is 6.17. The number of carbonyl (C=O) groups excluding carboxylic acids is 1. The number of nitrogens with zero attached hydrogens (tertiary/aromatic N) is 2. The maximum Gasteiger partial charge on any atom is 0.251 e. The second-order valence-electron chi connectivity index (χ2n) is 5.16. The van der Waals surface area contributed by atoms with Gasteiger partial charge in [0.1, 0.15) is 16.8 Å². The third-order valence-electron chi connectivity index (χ3n) is 3.41. The van der Waals surface area contributed by atoms with Crippen LogP contribution < -0.4 is 10.6 Å². The van der Waals surface area contributed by atoms with Crippen LogP contribution >= 0.6 is 11.6 Å². The van der Waals surface area contributed by atoms with Gasteiger partial charge in [-0.3, -0.25) is 4.79 Å². The van der Waals surface area contributed by atoms with E-state index in [1.807, 2.05) is 39.0 Å². The lowest BCUT2D eigenvalue weighted by atomic mass is 10.1. The molecule has 2 aromatic rings. The van der Waals surface area contributed by atoms with E-state index in [0.717, 1.165) is 23.4 Å². The number of carbonyl (C=O) groups is 1. The molecule has 1 amide bonds. The Hall–Kier alpha value is -2.14. The monoisotopic (exact) mass is 332 g/mol. The van der Waals surface area contributed by atoms with Crippen molar-refractivity contribution < 1.29 is 4.79 Å². The van der Waals surface area contributed by atoms with Crippen LogP contribution in [0.5, 0.6) is 0 Å². The molecule has 0 radical (unpaired) electrons. The Bertz CT molecular complexity index is 703. The van der Waals surface area contributed by atoms with E-state index in [4.69, 9.17) is 11.6 Å². The van der Waals surface area contributed by atoms with Gasteiger partial charge in [0.25, 0.3) is 5.91 Å². The number of rotatable bonds is 6. The molecule has 0 atom stereocenters. The summed E-state index contributed by atoms with van der Waals surface area (Å²) in [4.78, 5) is 20.5. The van der Waals surface area contributed by atoms with Crippen molar-refractivity contribution >= 4 is 23.3 Å². The van der Waals surface area contributed by atoms with Crippen LogP contribution in [0.15, 0.2) is 24.3 Å². The summed E-state index contributed by atoms with van der Waals surface area (Å²) < 4.78 is 0. The number of aryl methyl sites for hydroxylation is 1. The van der Waals surface area contributed by atoms with Gasteiger partial charge in [-0.25, -0.2) is 9.97 Å². The zero-order valence-electron chi connectivity index (χ0n) is 13.6. The van der Waals surface area contributed by atoms with Crippen molar-refractivity contribution in [3.8, 4) is 0 Å². The standard InChI is InChI=1S/C17H21ClN4O/c1-4-14-15(18)21-11(3)22-16(14)20-10-12-7-6-8-13(9-12)17(23)19-5-2/h6-9H,4-5,10H2,1-3H3,(H,19,23)(H,20,21,22). The molecule has 6 heteroatoms. The predicted octanol–water partition coefficient (Wildman–Crippen LogP) is 3.36. The molecular weight excluding hydrogens is 312 g/mol. The number of anilines is 1. The van der Waals surface area contributed by atoms with E-state index in [9.17, 15) is 4.79 Å². The van der Waals surface area contributed by atoms with Gasteiger partial charge < -0.3 is 10.6 Å². The minimum atomic E-state index is -0.0653. The average Bonchev–Trinajstić information content (AvgIpc) is 2.53. The summed E-state index contributed by atoms with van der Waals surface area (Å²) in [5.41, 5.74) is 2.55. The van der Waals surface area contributed by atoms with Crippen LogP contribution in [0.25, 0.3) is 0 Å². The Morgan fingerprint density at radius 3 is 2.74 bits per heavy atom. The van der Waals surface area contributed by atoms with Gasteiger partial charge in [-0.05, 0) is 38.0 Å². The van der Waals surface area contributed by atoms with Crippen molar-refractivity contribution in [1.29, 1.82) is 0 Å². The molecule has 0 aliphatic rings. The Balaban J connectivity index is 2.15. The van der Waals surface area contributed by atoms with Crippen molar-refractivity contribution in [2.24, 2.45) is 0 Å². The highest BCUT2D eigenvalue weighted by atomic mass is 35.5. The van der Waals surface area contributed by atoms with Gasteiger partial charge in [0.2, 0.25) is 0 Å². The number of benzene rings is 1. The molecule has 0 spiro atoms. The first kappa shape index (κ1) is 17.2. The lowest BCUT2D eigenvalue weighted by Gasteiger charge is -2.12. The summed E-state index contributed by atoms with van der Waals surface area (Å²) in [7, 11) is 0. The number of hydrogen-bond donors (Lipinski definition) is 2. The highest BCUT2D eigenvalue weighted by molar-refractivity contribution is 6.30. The van der Waals surface area contributed by atoms with Crippen LogP contribution in [-0.2, 0) is 13.0 Å². The molecule has 122 valence electrons. The van der Waals surface area contributed by atoms with E-state index >= 15 is 0 Å². The molecule has 23 heavy (non-hydrogen) atoms. The zero-order valence-corrected chi connectivity index (χ0v) is 14.4. The van der Waals surface area contributed by atoms with Crippen LogP contribution in [0.2, 0.25) is 5.15 Å². The van der Waals surface area contributed by atoms with E-state index in [-0.39, 0.29) is 5.91 Å². The van der Waals surface area contributed by atoms with Gasteiger partial charge in [-0.1, -0.05) is 30.7 Å². The van der Waals surface area contributed by atoms with Crippen molar-refractivity contribution in [1.82, 2.24) is 15.3 Å². The second kappa shape index (κ2) is 7.92. The molecule has 0 saturated heterocycles. The summed E-state index contributed by atoms with van der Waals surface area (Å²) in [6.07, 6.45) is 0.750. The number of aromatic nitrogens is 2. The summed E-state index contributed by atoms with van der Waals surface area (Å²) in [5, 5.41) is 6.58. The van der Waals surface area contributed by atoms with Crippen LogP contribution in [-0.4, -0.2) is 22.4 Å². The third-order valence-corrected chi connectivity index (χ3v) is 3.72. The van der Waals surface area contributed by atoms with Gasteiger partial charge in [0.05, 0.1) is 0 Å². The minimum absolute atomic E-state index is 0.0653. The molecular formula is C17H21ClN4O. The van der Waals surface area contributed by atoms with Crippen molar-refractivity contribution in [3.05, 3.63) is 51.9 Å².